The van der Waals surface area contributed by atoms with Crippen molar-refractivity contribution in [2.24, 2.45) is 0 Å². The van der Waals surface area contributed by atoms with E-state index in [1.807, 2.05) is 24.9 Å². The first-order valence-corrected chi connectivity index (χ1v) is 8.85. The van der Waals surface area contributed by atoms with Crippen molar-refractivity contribution in [2.75, 3.05) is 26.7 Å². The van der Waals surface area contributed by atoms with Crippen LogP contribution >= 0.6 is 0 Å². The third kappa shape index (κ3) is 3.71. The molecular weight excluding hydrogens is 302 g/mol. The summed E-state index contributed by atoms with van der Waals surface area (Å²) < 4.78 is 0. The van der Waals surface area contributed by atoms with Gasteiger partial charge >= 0.3 is 6.03 Å². The normalized spacial score (nSPS) is 19.9. The fourth-order valence-electron chi connectivity index (χ4n) is 3.60. The lowest BCUT2D eigenvalue weighted by molar-refractivity contribution is -0.127. The molecule has 1 saturated heterocycles. The molecule has 0 aromatic heterocycles. The Morgan fingerprint density at radius 1 is 1.33 bits per heavy atom. The number of amides is 3. The summed E-state index contributed by atoms with van der Waals surface area (Å²) in [5.74, 6) is 0.200. The van der Waals surface area contributed by atoms with Gasteiger partial charge in [-0.2, -0.15) is 0 Å². The van der Waals surface area contributed by atoms with Crippen LogP contribution < -0.4 is 5.32 Å². The predicted octanol–water partition coefficient (Wildman–Crippen LogP) is 2.37. The van der Waals surface area contributed by atoms with Crippen LogP contribution in [0.25, 0.3) is 0 Å². The number of carbonyl (C=O) groups is 2. The highest BCUT2D eigenvalue weighted by atomic mass is 16.2. The molecule has 5 heteroatoms. The van der Waals surface area contributed by atoms with Crippen molar-refractivity contribution >= 4 is 11.9 Å². The van der Waals surface area contributed by atoms with Crippen LogP contribution in [0.15, 0.2) is 30.3 Å². The average Bonchev–Trinajstić information content (AvgIpc) is 3.25. The molecule has 2 fully saturated rings. The Morgan fingerprint density at radius 2 is 2.04 bits per heavy atom. The van der Waals surface area contributed by atoms with E-state index in [-0.39, 0.29) is 23.4 Å². The maximum absolute atomic E-state index is 12.5. The van der Waals surface area contributed by atoms with Gasteiger partial charge < -0.3 is 15.1 Å². The molecule has 5 nitrogen and oxygen atoms in total. The van der Waals surface area contributed by atoms with Crippen molar-refractivity contribution in [3.05, 3.63) is 35.9 Å². The summed E-state index contributed by atoms with van der Waals surface area (Å²) >= 11 is 0. The van der Waals surface area contributed by atoms with Gasteiger partial charge in [-0.05, 0) is 31.7 Å². The molecule has 1 saturated carbocycles. The summed E-state index contributed by atoms with van der Waals surface area (Å²) in [6.45, 7) is 4.11. The van der Waals surface area contributed by atoms with Gasteiger partial charge in [-0.15, -0.1) is 0 Å². The molecule has 2 aliphatic rings. The topological polar surface area (TPSA) is 52.7 Å². The van der Waals surface area contributed by atoms with Gasteiger partial charge in [0.1, 0.15) is 0 Å². The molecule has 130 valence electrons. The highest BCUT2D eigenvalue weighted by Crippen LogP contribution is 2.48. The first-order valence-electron chi connectivity index (χ1n) is 8.85. The lowest BCUT2D eigenvalue weighted by Crippen LogP contribution is -2.48. The van der Waals surface area contributed by atoms with Crippen molar-refractivity contribution in [3.63, 3.8) is 0 Å². The summed E-state index contributed by atoms with van der Waals surface area (Å²) in [4.78, 5) is 27.8. The van der Waals surface area contributed by atoms with Gasteiger partial charge in [0.2, 0.25) is 5.91 Å². The second kappa shape index (κ2) is 6.83. The molecule has 0 radical (unpaired) electrons. The van der Waals surface area contributed by atoms with Crippen LogP contribution in [-0.4, -0.2) is 54.5 Å². The molecule has 1 aromatic carbocycles. The van der Waals surface area contributed by atoms with E-state index in [0.29, 0.717) is 13.0 Å². The van der Waals surface area contributed by atoms with E-state index >= 15 is 0 Å². The first kappa shape index (κ1) is 16.8. The molecule has 0 bridgehead atoms. The van der Waals surface area contributed by atoms with E-state index in [1.165, 1.54) is 5.56 Å². The zero-order chi connectivity index (χ0) is 17.2. The average molecular weight is 329 g/mol. The number of urea groups is 1. The standard InChI is InChI=1S/C19H27N3O2/c1-15(13-22-12-6-9-17(22)23)20-18(24)21(2)14-19(10-11-19)16-7-4-3-5-8-16/h3-5,7-8,15H,6,9-14H2,1-2H3,(H,20,24). The van der Waals surface area contributed by atoms with E-state index in [0.717, 1.165) is 32.4 Å². The SMILES string of the molecule is CC(CN1CCCC1=O)NC(=O)N(C)CC1(c2ccccc2)CC1. The molecule has 1 aliphatic heterocycles. The van der Waals surface area contributed by atoms with Crippen molar-refractivity contribution in [3.8, 4) is 0 Å². The van der Waals surface area contributed by atoms with Gasteiger partial charge in [-0.1, -0.05) is 30.3 Å². The van der Waals surface area contributed by atoms with Crippen molar-refractivity contribution < 1.29 is 9.59 Å². The second-order valence-electron chi connectivity index (χ2n) is 7.30. The number of nitrogens with one attached hydrogen (secondary N) is 1. The summed E-state index contributed by atoms with van der Waals surface area (Å²) in [6, 6.07) is 10.4. The summed E-state index contributed by atoms with van der Waals surface area (Å²) in [5.41, 5.74) is 1.45. The van der Waals surface area contributed by atoms with Crippen LogP contribution in [0.4, 0.5) is 4.79 Å². The lowest BCUT2D eigenvalue weighted by atomic mass is 9.95. The molecule has 1 heterocycles. The van der Waals surface area contributed by atoms with Crippen LogP contribution in [0.2, 0.25) is 0 Å². The molecule has 3 amide bonds. The molecule has 24 heavy (non-hydrogen) atoms. The number of nitrogens with zero attached hydrogens (tertiary/aromatic N) is 2. The highest BCUT2D eigenvalue weighted by Gasteiger charge is 2.45. The van der Waals surface area contributed by atoms with E-state index < -0.39 is 0 Å². The van der Waals surface area contributed by atoms with E-state index in [4.69, 9.17) is 0 Å². The minimum absolute atomic E-state index is 0.0334. The lowest BCUT2D eigenvalue weighted by Gasteiger charge is -2.27. The van der Waals surface area contributed by atoms with Crippen molar-refractivity contribution in [1.29, 1.82) is 0 Å². The smallest absolute Gasteiger partial charge is 0.317 e. The Balaban J connectivity index is 1.51. The summed E-state index contributed by atoms with van der Waals surface area (Å²) in [6.07, 6.45) is 3.83. The number of benzene rings is 1. The maximum atomic E-state index is 12.5. The van der Waals surface area contributed by atoms with Gasteiger partial charge in [0, 0.05) is 44.6 Å². The number of hydrogen-bond acceptors (Lipinski definition) is 2. The Hall–Kier alpha value is -2.04. The minimum Gasteiger partial charge on any atom is -0.341 e. The fourth-order valence-corrected chi connectivity index (χ4v) is 3.60. The molecule has 1 N–H and O–H groups in total. The van der Waals surface area contributed by atoms with Crippen LogP contribution in [-0.2, 0) is 10.2 Å². The minimum atomic E-state index is -0.0589. The Kier molecular flexibility index (Phi) is 4.78. The van der Waals surface area contributed by atoms with Crippen molar-refractivity contribution in [2.45, 2.75) is 44.1 Å². The molecule has 0 spiro atoms. The highest BCUT2D eigenvalue weighted by molar-refractivity contribution is 5.78. The van der Waals surface area contributed by atoms with Gasteiger partial charge in [0.25, 0.3) is 0 Å². The Morgan fingerprint density at radius 3 is 2.62 bits per heavy atom. The number of likely N-dealkylation sites (tertiary alicyclic amines) is 1. The molecule has 1 unspecified atom stereocenters. The summed E-state index contributed by atoms with van der Waals surface area (Å²) in [7, 11) is 1.85. The van der Waals surface area contributed by atoms with Crippen LogP contribution in [0.3, 0.4) is 0 Å². The molecule has 3 rings (SSSR count). The largest absolute Gasteiger partial charge is 0.341 e. The van der Waals surface area contributed by atoms with Crippen molar-refractivity contribution in [1.82, 2.24) is 15.1 Å². The third-order valence-electron chi connectivity index (χ3n) is 5.16. The van der Waals surface area contributed by atoms with Gasteiger partial charge in [-0.25, -0.2) is 4.79 Å². The Labute approximate surface area is 144 Å². The summed E-state index contributed by atoms with van der Waals surface area (Å²) in [5, 5.41) is 3.02. The zero-order valence-corrected chi connectivity index (χ0v) is 14.6. The van der Waals surface area contributed by atoms with Gasteiger partial charge in [0.05, 0.1) is 0 Å². The monoisotopic (exact) mass is 329 g/mol. The second-order valence-corrected chi connectivity index (χ2v) is 7.30. The van der Waals surface area contributed by atoms with Gasteiger partial charge in [-0.3, -0.25) is 4.79 Å². The fraction of sp³-hybridized carbons (Fsp3) is 0.579. The van der Waals surface area contributed by atoms with Crippen LogP contribution in [0, 0.1) is 0 Å². The molecule has 1 aliphatic carbocycles. The van der Waals surface area contributed by atoms with Crippen LogP contribution in [0.1, 0.15) is 38.2 Å². The van der Waals surface area contributed by atoms with E-state index in [2.05, 4.69) is 29.6 Å². The number of hydrogen-bond donors (Lipinski definition) is 1. The van der Waals surface area contributed by atoms with Crippen LogP contribution in [0.5, 0.6) is 0 Å². The first-order chi connectivity index (χ1) is 11.5. The van der Waals surface area contributed by atoms with E-state index in [1.54, 1.807) is 4.90 Å². The predicted molar refractivity (Wildman–Crippen MR) is 93.8 cm³/mol. The quantitative estimate of drug-likeness (QED) is 0.871. The van der Waals surface area contributed by atoms with Gasteiger partial charge in [0.15, 0.2) is 0 Å². The maximum Gasteiger partial charge on any atom is 0.317 e. The number of carbonyl (C=O) groups excluding carboxylic acids is 2. The Bertz CT molecular complexity index is 598. The third-order valence-corrected chi connectivity index (χ3v) is 5.16. The van der Waals surface area contributed by atoms with E-state index in [9.17, 15) is 9.59 Å². The molecule has 1 aromatic rings. The molecule has 1 atom stereocenters. The number of likely N-dealkylation sites (N-methyl/N-ethyl adjacent to an activating group) is 1. The molecular formula is C19H27N3O2. The number of rotatable bonds is 6. The zero-order valence-electron chi connectivity index (χ0n) is 14.6.